The van der Waals surface area contributed by atoms with E-state index in [2.05, 4.69) is 48.3 Å². The van der Waals surface area contributed by atoms with Gasteiger partial charge in [0.2, 0.25) is 0 Å². The number of rotatable bonds is 6. The fourth-order valence-corrected chi connectivity index (χ4v) is 3.33. The summed E-state index contributed by atoms with van der Waals surface area (Å²) in [7, 11) is 0. The van der Waals surface area contributed by atoms with Gasteiger partial charge in [-0.3, -0.25) is 4.90 Å². The van der Waals surface area contributed by atoms with E-state index >= 15 is 0 Å². The van der Waals surface area contributed by atoms with Crippen LogP contribution in [0.2, 0.25) is 0 Å². The molecule has 1 saturated carbocycles. The van der Waals surface area contributed by atoms with Gasteiger partial charge in [0.15, 0.2) is 0 Å². The second-order valence-electron chi connectivity index (χ2n) is 7.20. The Morgan fingerprint density at radius 2 is 1.86 bits per heavy atom. The monoisotopic (exact) mass is 286 g/mol. The molecule has 1 unspecified atom stereocenters. The van der Waals surface area contributed by atoms with E-state index in [1.165, 1.54) is 56.3 Å². The normalized spacial score (nSPS) is 23.7. The van der Waals surface area contributed by atoms with Gasteiger partial charge in [0.1, 0.15) is 0 Å². The number of nitrogens with zero attached hydrogens (tertiary/aromatic N) is 1. The lowest BCUT2D eigenvalue weighted by atomic mass is 9.99. The van der Waals surface area contributed by atoms with Crippen LogP contribution in [0.3, 0.4) is 0 Å². The quantitative estimate of drug-likeness (QED) is 0.853. The smallest absolute Gasteiger partial charge is 0.0237 e. The molecule has 0 bridgehead atoms. The van der Waals surface area contributed by atoms with Crippen LogP contribution < -0.4 is 5.32 Å². The molecule has 2 aliphatic rings. The van der Waals surface area contributed by atoms with Crippen molar-refractivity contribution in [3.05, 3.63) is 35.4 Å². The molecule has 1 saturated heterocycles. The number of nitrogens with one attached hydrogen (secondary N) is 1. The summed E-state index contributed by atoms with van der Waals surface area (Å²) >= 11 is 0. The van der Waals surface area contributed by atoms with Gasteiger partial charge >= 0.3 is 0 Å². The van der Waals surface area contributed by atoms with Crippen LogP contribution in [0.4, 0.5) is 0 Å². The average molecular weight is 286 g/mol. The topological polar surface area (TPSA) is 15.3 Å². The molecule has 21 heavy (non-hydrogen) atoms. The summed E-state index contributed by atoms with van der Waals surface area (Å²) < 4.78 is 0. The molecule has 2 nitrogen and oxygen atoms in total. The molecule has 1 aliphatic heterocycles. The lowest BCUT2D eigenvalue weighted by Crippen LogP contribution is -2.45. The predicted molar refractivity (Wildman–Crippen MR) is 89.6 cm³/mol. The maximum Gasteiger partial charge on any atom is 0.0237 e. The molecule has 0 radical (unpaired) electrons. The van der Waals surface area contributed by atoms with E-state index in [1.54, 1.807) is 0 Å². The predicted octanol–water partition coefficient (Wildman–Crippen LogP) is 3.92. The van der Waals surface area contributed by atoms with Crippen LogP contribution in [0.1, 0.15) is 63.0 Å². The molecule has 116 valence electrons. The van der Waals surface area contributed by atoms with Crippen LogP contribution in [0.25, 0.3) is 0 Å². The van der Waals surface area contributed by atoms with E-state index in [-0.39, 0.29) is 0 Å². The van der Waals surface area contributed by atoms with Gasteiger partial charge < -0.3 is 5.32 Å². The summed E-state index contributed by atoms with van der Waals surface area (Å²) in [4.78, 5) is 2.70. The Kier molecular flexibility index (Phi) is 4.97. The molecular weight excluding hydrogens is 256 g/mol. The Hall–Kier alpha value is -0.860. The second-order valence-corrected chi connectivity index (χ2v) is 7.20. The summed E-state index contributed by atoms with van der Waals surface area (Å²) in [5.41, 5.74) is 2.92. The van der Waals surface area contributed by atoms with Crippen molar-refractivity contribution in [2.24, 2.45) is 0 Å². The van der Waals surface area contributed by atoms with Gasteiger partial charge in [0.05, 0.1) is 0 Å². The molecule has 0 amide bonds. The van der Waals surface area contributed by atoms with Crippen LogP contribution in [0, 0.1) is 0 Å². The van der Waals surface area contributed by atoms with Crippen molar-refractivity contribution >= 4 is 0 Å². The minimum Gasteiger partial charge on any atom is -0.312 e. The van der Waals surface area contributed by atoms with Gasteiger partial charge in [-0.05, 0) is 49.3 Å². The fourth-order valence-electron chi connectivity index (χ4n) is 3.33. The van der Waals surface area contributed by atoms with E-state index in [4.69, 9.17) is 0 Å². The molecule has 1 heterocycles. The minimum atomic E-state index is 0.629. The van der Waals surface area contributed by atoms with Crippen molar-refractivity contribution in [3.63, 3.8) is 0 Å². The Morgan fingerprint density at radius 3 is 2.52 bits per heavy atom. The maximum atomic E-state index is 3.72. The Morgan fingerprint density at radius 1 is 1.10 bits per heavy atom. The lowest BCUT2D eigenvalue weighted by molar-refractivity contribution is 0.137. The van der Waals surface area contributed by atoms with Crippen LogP contribution in [0.5, 0.6) is 0 Å². The van der Waals surface area contributed by atoms with Crippen LogP contribution in [0.15, 0.2) is 24.3 Å². The first-order valence-electron chi connectivity index (χ1n) is 8.78. The molecule has 1 aromatic rings. The third-order valence-corrected chi connectivity index (χ3v) is 5.00. The zero-order chi connectivity index (χ0) is 14.7. The van der Waals surface area contributed by atoms with Gasteiger partial charge in [0.25, 0.3) is 0 Å². The first-order chi connectivity index (χ1) is 10.2. The Labute approximate surface area is 129 Å². The largest absolute Gasteiger partial charge is 0.312 e. The molecule has 1 aromatic carbocycles. The first kappa shape index (κ1) is 15.1. The zero-order valence-corrected chi connectivity index (χ0v) is 13.6. The third-order valence-electron chi connectivity index (χ3n) is 5.00. The van der Waals surface area contributed by atoms with Crippen molar-refractivity contribution < 1.29 is 0 Å². The number of hydrogen-bond donors (Lipinski definition) is 1. The highest BCUT2D eigenvalue weighted by Crippen LogP contribution is 2.23. The molecule has 0 spiro atoms. The van der Waals surface area contributed by atoms with Crippen molar-refractivity contribution in [3.8, 4) is 0 Å². The first-order valence-corrected chi connectivity index (χ1v) is 8.78. The average Bonchev–Trinajstić information content (AvgIpc) is 3.31. The van der Waals surface area contributed by atoms with Gasteiger partial charge in [-0.15, -0.1) is 0 Å². The highest BCUT2D eigenvalue weighted by atomic mass is 15.2. The summed E-state index contributed by atoms with van der Waals surface area (Å²) in [5, 5.41) is 3.72. The third kappa shape index (κ3) is 4.31. The maximum absolute atomic E-state index is 3.72. The second kappa shape index (κ2) is 6.93. The molecule has 3 rings (SSSR count). The fraction of sp³-hybridized carbons (Fsp3) is 0.684. The minimum absolute atomic E-state index is 0.629. The Bertz CT molecular complexity index is 433. The van der Waals surface area contributed by atoms with Gasteiger partial charge in [-0.1, -0.05) is 44.5 Å². The van der Waals surface area contributed by atoms with E-state index in [0.29, 0.717) is 5.92 Å². The van der Waals surface area contributed by atoms with Gasteiger partial charge in [-0.2, -0.15) is 0 Å². The molecule has 0 aromatic heterocycles. The van der Waals surface area contributed by atoms with Crippen LogP contribution in [-0.4, -0.2) is 30.1 Å². The van der Waals surface area contributed by atoms with E-state index < -0.39 is 0 Å². The number of likely N-dealkylation sites (tertiary alicyclic amines) is 1. The number of piperidine rings is 1. The SMILES string of the molecule is CC(C)c1ccc(CN2CCCCC2CNC2CC2)cc1. The molecule has 1 N–H and O–H groups in total. The summed E-state index contributed by atoms with van der Waals surface area (Å²) in [6.07, 6.45) is 6.92. The molecule has 1 atom stereocenters. The van der Waals surface area contributed by atoms with Crippen LogP contribution in [-0.2, 0) is 6.54 Å². The molecular formula is C19H30N2. The standard InChI is InChI=1S/C19H30N2/c1-15(2)17-8-6-16(7-9-17)14-21-12-4-3-5-19(21)13-20-18-10-11-18/h6-9,15,18-20H,3-5,10-14H2,1-2H3. The number of hydrogen-bond acceptors (Lipinski definition) is 2. The number of benzene rings is 1. The van der Waals surface area contributed by atoms with E-state index in [1.807, 2.05) is 0 Å². The van der Waals surface area contributed by atoms with E-state index in [9.17, 15) is 0 Å². The van der Waals surface area contributed by atoms with Crippen molar-refractivity contribution in [2.45, 2.75) is 70.5 Å². The summed E-state index contributed by atoms with van der Waals surface area (Å²) in [5.74, 6) is 0.629. The van der Waals surface area contributed by atoms with Gasteiger partial charge in [-0.25, -0.2) is 0 Å². The highest BCUT2D eigenvalue weighted by molar-refractivity contribution is 5.24. The van der Waals surface area contributed by atoms with Crippen LogP contribution >= 0.6 is 0 Å². The highest BCUT2D eigenvalue weighted by Gasteiger charge is 2.26. The van der Waals surface area contributed by atoms with Gasteiger partial charge in [0, 0.05) is 25.2 Å². The van der Waals surface area contributed by atoms with Crippen molar-refractivity contribution in [2.75, 3.05) is 13.1 Å². The Balaban J connectivity index is 1.57. The molecule has 2 heteroatoms. The van der Waals surface area contributed by atoms with Crippen molar-refractivity contribution in [1.29, 1.82) is 0 Å². The summed E-state index contributed by atoms with van der Waals surface area (Å²) in [6.45, 7) is 8.10. The molecule has 2 fully saturated rings. The zero-order valence-electron chi connectivity index (χ0n) is 13.6. The lowest BCUT2D eigenvalue weighted by Gasteiger charge is -2.36. The summed E-state index contributed by atoms with van der Waals surface area (Å²) in [6, 6.07) is 10.8. The van der Waals surface area contributed by atoms with E-state index in [0.717, 1.165) is 18.6 Å². The van der Waals surface area contributed by atoms with Crippen molar-refractivity contribution in [1.82, 2.24) is 10.2 Å². The molecule has 1 aliphatic carbocycles.